The molecule has 14 atom stereocenters. The van der Waals surface area contributed by atoms with E-state index in [-0.39, 0.29) is 75.6 Å². The zero-order valence-electron chi connectivity index (χ0n) is 67.6. The van der Waals surface area contributed by atoms with Crippen molar-refractivity contribution in [2.45, 2.75) is 197 Å². The predicted octanol–water partition coefficient (Wildman–Crippen LogP) is -8.31. The third-order valence-electron chi connectivity index (χ3n) is 18.8. The number of hydrogen-bond donors (Lipinski definition) is 24. The van der Waals surface area contributed by atoms with Crippen LogP contribution in [0.3, 0.4) is 0 Å². The number of amides is 15. The van der Waals surface area contributed by atoms with Crippen molar-refractivity contribution in [3.05, 3.63) is 84.2 Å². The number of likely N-dealkylation sites (tertiary alicyclic amines) is 1. The van der Waals surface area contributed by atoms with Gasteiger partial charge in [0.2, 0.25) is 88.6 Å². The average molecular weight is 1710 g/mol. The number of carbonyl (C=O) groups excluding carboxylic acids is 15. The summed E-state index contributed by atoms with van der Waals surface area (Å²) in [5, 5.41) is 103. The molecule has 121 heavy (non-hydrogen) atoms. The van der Waals surface area contributed by atoms with Crippen LogP contribution in [0, 0.1) is 42.9 Å². The molecule has 0 saturated carbocycles. The number of nitro benzene ring substituents is 2. The number of primary amides is 2. The Morgan fingerprint density at radius 1 is 0.554 bits per heavy atom. The molecule has 1 fully saturated rings. The number of ether oxygens (including phenoxy) is 1. The first kappa shape index (κ1) is 100. The highest BCUT2D eigenvalue weighted by molar-refractivity contribution is 6.01. The number of rotatable bonds is 49. The zero-order valence-corrected chi connectivity index (χ0v) is 67.6. The lowest BCUT2D eigenvalue weighted by atomic mass is 9.95. The van der Waals surface area contributed by atoms with Crippen molar-refractivity contribution in [2.24, 2.45) is 40.5 Å². The molecule has 4 rings (SSSR count). The number of nitrogens with one attached hydrogen (secondary N) is 16. The van der Waals surface area contributed by atoms with Gasteiger partial charge in [0.25, 0.3) is 11.4 Å². The molecular weight excluding hydrogens is 1600 g/mol. The number of guanidine groups is 2. The van der Waals surface area contributed by atoms with Crippen LogP contribution in [-0.4, -0.2) is 256 Å². The number of methoxy groups -OCH3 is 1. The standard InChI is InChI=1S/C72H108N24O25/c1-32(2)24-45(88-68(113)49-14-11-23-94(49)53(101)25-37-26-54(102)121-51-28-39(120-8)16-18-40(37)51)64(109)83-35(6)60(105)86-44(19-20-52(73)100)62(107)82-36(7)61(106)92-56(33(3)4)69(114)93-57(55(74)41-17-15-38(95(116)117)27-50(41)96(118)119)70(115)87-43(13-10-22-81-72(78)79)63(108)89-47(30-98)66(111)91-48(31-99)67(112)90-46(29-97)65(110)84-34(5)59(104)85-42(58(75)103)12-9-21-80-71(76)77/h15-18,26-28,32-36,42-49,55-57,97-99H,9-14,19-25,29-31,74H2,1-8H3,(H2,73,100)(H2,75,103)(H,82,107)(H,83,109)(H,84,110)(H,85,104)(H,86,105)(H,87,115)(H,88,113)(H,89,108)(H,90,112)(H,91,111)(H,92,106)(H,93,114)(H4,76,77,80)(H4,78,79,81)/t34-,35-,36-,42-,43-,44-,45-,46-,47-,48-,49-,55-,56-,57-/m0/s1. The second-order valence-electron chi connectivity index (χ2n) is 29.0. The van der Waals surface area contributed by atoms with Crippen LogP contribution in [0.1, 0.15) is 123 Å². The molecule has 3 aromatic rings. The van der Waals surface area contributed by atoms with Gasteiger partial charge in [-0.3, -0.25) is 103 Å². The summed E-state index contributed by atoms with van der Waals surface area (Å²) in [5.41, 5.74) is 25.4. The van der Waals surface area contributed by atoms with E-state index in [9.17, 15) is 112 Å². The summed E-state index contributed by atoms with van der Waals surface area (Å²) in [5.74, 6) is -18.1. The maximum absolute atomic E-state index is 14.9. The summed E-state index contributed by atoms with van der Waals surface area (Å²) in [6, 6.07) is -16.1. The minimum atomic E-state index is -2.32. The molecule has 2 heterocycles. The molecule has 49 nitrogen and oxygen atoms in total. The van der Waals surface area contributed by atoms with Crippen molar-refractivity contribution in [2.75, 3.05) is 46.6 Å². The van der Waals surface area contributed by atoms with Gasteiger partial charge in [-0.2, -0.15) is 0 Å². The second-order valence-corrected chi connectivity index (χ2v) is 29.0. The van der Waals surface area contributed by atoms with Crippen molar-refractivity contribution in [3.63, 3.8) is 0 Å². The Balaban J connectivity index is 1.55. The summed E-state index contributed by atoms with van der Waals surface area (Å²) in [6.45, 7) is 6.15. The number of non-ortho nitro benzene ring substituents is 1. The molecule has 1 aromatic heterocycles. The number of nitro groups is 2. The Labute approximate surface area is 691 Å². The number of carbonyl (C=O) groups is 15. The predicted molar refractivity (Wildman–Crippen MR) is 426 cm³/mol. The molecule has 15 amide bonds. The molecule has 49 heteroatoms. The van der Waals surface area contributed by atoms with Gasteiger partial charge < -0.3 is 132 Å². The quantitative estimate of drug-likeness (QED) is 0.00623. The van der Waals surface area contributed by atoms with Crippen LogP contribution in [0.5, 0.6) is 5.75 Å². The van der Waals surface area contributed by atoms with Crippen molar-refractivity contribution in [3.8, 4) is 5.75 Å². The highest BCUT2D eigenvalue weighted by Crippen LogP contribution is 2.31. The number of benzene rings is 2. The molecule has 1 saturated heterocycles. The first-order valence-corrected chi connectivity index (χ1v) is 38.2. The molecule has 0 unspecified atom stereocenters. The Bertz CT molecular complexity index is 4370. The van der Waals surface area contributed by atoms with Crippen molar-refractivity contribution >= 4 is 123 Å². The summed E-state index contributed by atoms with van der Waals surface area (Å²) >= 11 is 0. The number of aliphatic hydroxyl groups excluding tert-OH is 3. The first-order valence-electron chi connectivity index (χ1n) is 38.2. The average Bonchev–Trinajstić information content (AvgIpc) is 1.64. The smallest absolute Gasteiger partial charge is 0.336 e. The highest BCUT2D eigenvalue weighted by atomic mass is 16.6. The fourth-order valence-electron chi connectivity index (χ4n) is 12.3. The van der Waals surface area contributed by atoms with Gasteiger partial charge in [0.15, 0.2) is 11.9 Å². The SMILES string of the molecule is COc1ccc2c(CC(=O)N3CCC[C@H]3C(=O)N[C@@H](CC(C)C)C(=O)N[C@@H](C)C(=O)N[C@@H](CCC(N)=O)C(=O)N[C@@H](C)C(=O)N[C@H](C(=O)N[C@H](C(=O)N[C@@H](CCCNC(=N)N)C(=O)N[C@@H](CO)C(=O)N[C@@H](CO)C(=O)N[C@@H](CO)C(=O)N[C@@H](C)C(=O)N[C@@H](CCCNC(=N)N)C(N)=O)[C@@H](N)c3ccc([N+](=O)[O-])cc3[N+](=O)[O-])C(C)C)cc(=O)oc2c1. The van der Waals surface area contributed by atoms with E-state index in [0.29, 0.717) is 29.2 Å². The number of fused-ring (bicyclic) bond motifs is 1. The lowest BCUT2D eigenvalue weighted by Gasteiger charge is -2.30. The monoisotopic (exact) mass is 1710 g/mol. The van der Waals surface area contributed by atoms with Crippen LogP contribution in [0.2, 0.25) is 0 Å². The third-order valence-corrected chi connectivity index (χ3v) is 18.8. The number of nitrogens with zero attached hydrogens (tertiary/aromatic N) is 3. The van der Waals surface area contributed by atoms with E-state index in [1.54, 1.807) is 26.0 Å². The Morgan fingerprint density at radius 2 is 1.01 bits per heavy atom. The van der Waals surface area contributed by atoms with Gasteiger partial charge in [-0.05, 0) is 108 Å². The molecule has 1 aliphatic rings. The van der Waals surface area contributed by atoms with Crippen LogP contribution in [0.4, 0.5) is 11.4 Å². The normalized spacial score (nSPS) is 15.6. The Morgan fingerprint density at radius 3 is 1.49 bits per heavy atom. The minimum Gasteiger partial charge on any atom is -0.497 e. The molecule has 0 radical (unpaired) electrons. The summed E-state index contributed by atoms with van der Waals surface area (Å²) in [7, 11) is 1.42. The zero-order chi connectivity index (χ0) is 91.0. The van der Waals surface area contributed by atoms with Crippen molar-refractivity contribution in [1.82, 2.24) is 79.3 Å². The fourth-order valence-corrected chi connectivity index (χ4v) is 12.3. The van der Waals surface area contributed by atoms with E-state index in [4.69, 9.17) is 48.6 Å². The van der Waals surface area contributed by atoms with E-state index in [1.807, 2.05) is 10.6 Å². The lowest BCUT2D eigenvalue weighted by Crippen LogP contribution is -2.63. The van der Waals surface area contributed by atoms with Crippen LogP contribution in [0.15, 0.2) is 51.7 Å². The van der Waals surface area contributed by atoms with Gasteiger partial charge in [-0.1, -0.05) is 27.7 Å². The Kier molecular flexibility index (Phi) is 39.6. The van der Waals surface area contributed by atoms with Crippen LogP contribution in [-0.2, 0) is 78.3 Å². The van der Waals surface area contributed by atoms with E-state index in [1.165, 1.54) is 44.9 Å². The van der Waals surface area contributed by atoms with Crippen molar-refractivity contribution in [1.29, 1.82) is 10.8 Å². The van der Waals surface area contributed by atoms with Gasteiger partial charge in [-0.25, -0.2) is 4.79 Å². The molecule has 0 bridgehead atoms. The van der Waals surface area contributed by atoms with E-state index < -0.39 is 257 Å². The third kappa shape index (κ3) is 31.2. The summed E-state index contributed by atoms with van der Waals surface area (Å²) in [4.78, 5) is 242. The van der Waals surface area contributed by atoms with E-state index >= 15 is 0 Å². The van der Waals surface area contributed by atoms with Gasteiger partial charge in [0.1, 0.15) is 89.9 Å². The van der Waals surface area contributed by atoms with Gasteiger partial charge in [0, 0.05) is 55.2 Å². The van der Waals surface area contributed by atoms with E-state index in [0.717, 1.165) is 26.0 Å². The maximum Gasteiger partial charge on any atom is 0.336 e. The van der Waals surface area contributed by atoms with Gasteiger partial charge in [0.05, 0.1) is 55.3 Å². The summed E-state index contributed by atoms with van der Waals surface area (Å²) < 4.78 is 10.6. The van der Waals surface area contributed by atoms with Crippen LogP contribution < -0.4 is 113 Å². The molecular formula is C72H108N24O25. The van der Waals surface area contributed by atoms with Gasteiger partial charge in [-0.15, -0.1) is 0 Å². The summed E-state index contributed by atoms with van der Waals surface area (Å²) in [6.07, 6.45) is -1.19. The Hall–Kier alpha value is -13.3. The van der Waals surface area contributed by atoms with Gasteiger partial charge >= 0.3 is 5.63 Å². The molecule has 1 aliphatic heterocycles. The molecule has 29 N–H and O–H groups in total. The largest absolute Gasteiger partial charge is 0.497 e. The number of hydrogen-bond acceptors (Lipinski definition) is 28. The minimum absolute atomic E-state index is 0.0230. The first-order chi connectivity index (χ1) is 56.9. The van der Waals surface area contributed by atoms with Crippen LogP contribution >= 0.6 is 0 Å². The fraction of sp³-hybridized carbons (Fsp3) is 0.556. The highest BCUT2D eigenvalue weighted by Gasteiger charge is 2.42. The molecule has 2 aromatic carbocycles. The second kappa shape index (κ2) is 47.9. The molecule has 0 aliphatic carbocycles. The molecule has 666 valence electrons. The van der Waals surface area contributed by atoms with E-state index in [2.05, 4.69) is 63.8 Å². The lowest BCUT2D eigenvalue weighted by molar-refractivity contribution is -0.394. The topological polar surface area (TPSA) is 792 Å². The van der Waals surface area contributed by atoms with Crippen molar-refractivity contribution < 1.29 is 106 Å². The maximum atomic E-state index is 14.9. The molecule has 0 spiro atoms. The van der Waals surface area contributed by atoms with Crippen LogP contribution in [0.25, 0.3) is 11.0 Å². The number of aliphatic hydroxyl groups is 3. The number of nitrogens with two attached hydrogens (primary N) is 5.